The van der Waals surface area contributed by atoms with Crippen molar-refractivity contribution in [3.05, 3.63) is 23.8 Å². The number of para-hydroxylation sites is 1. The molecule has 0 aromatic heterocycles. The fraction of sp³-hybridized carbons (Fsp3) is 0.500. The minimum atomic E-state index is -0.436. The first-order valence-electron chi connectivity index (χ1n) is 6.63. The van der Waals surface area contributed by atoms with Gasteiger partial charge in [0.2, 0.25) is 12.7 Å². The molecule has 0 saturated heterocycles. The SMILES string of the molecule is CCCCC(N)C(=O)NCc1cccc2c1OCO2. The largest absolute Gasteiger partial charge is 0.454 e. The summed E-state index contributed by atoms with van der Waals surface area (Å²) in [7, 11) is 0. The van der Waals surface area contributed by atoms with E-state index >= 15 is 0 Å². The van der Waals surface area contributed by atoms with Crippen LogP contribution in [0.4, 0.5) is 0 Å². The van der Waals surface area contributed by atoms with E-state index in [-0.39, 0.29) is 12.7 Å². The summed E-state index contributed by atoms with van der Waals surface area (Å²) in [5, 5.41) is 2.84. The Hall–Kier alpha value is -1.75. The number of ether oxygens (including phenoxy) is 2. The number of hydrogen-bond acceptors (Lipinski definition) is 4. The topological polar surface area (TPSA) is 73.6 Å². The number of unbranched alkanes of at least 4 members (excludes halogenated alkanes) is 1. The lowest BCUT2D eigenvalue weighted by atomic mass is 10.1. The van der Waals surface area contributed by atoms with E-state index in [1.54, 1.807) is 0 Å². The summed E-state index contributed by atoms with van der Waals surface area (Å²) in [5.41, 5.74) is 6.72. The van der Waals surface area contributed by atoms with Crippen LogP contribution in [0.25, 0.3) is 0 Å². The molecule has 104 valence electrons. The van der Waals surface area contributed by atoms with Crippen molar-refractivity contribution in [3.63, 3.8) is 0 Å². The first-order chi connectivity index (χ1) is 9.22. The van der Waals surface area contributed by atoms with Crippen LogP contribution < -0.4 is 20.5 Å². The van der Waals surface area contributed by atoms with E-state index in [0.29, 0.717) is 12.3 Å². The van der Waals surface area contributed by atoms with Crippen molar-refractivity contribution < 1.29 is 14.3 Å². The van der Waals surface area contributed by atoms with Crippen LogP contribution in [0.5, 0.6) is 11.5 Å². The molecule has 1 aromatic rings. The molecule has 0 fully saturated rings. The third-order valence-corrected chi connectivity index (χ3v) is 3.14. The second kappa shape index (κ2) is 6.43. The summed E-state index contributed by atoms with van der Waals surface area (Å²) in [6.07, 6.45) is 2.72. The van der Waals surface area contributed by atoms with Gasteiger partial charge in [-0.3, -0.25) is 4.79 Å². The van der Waals surface area contributed by atoms with Crippen molar-refractivity contribution in [1.29, 1.82) is 0 Å². The summed E-state index contributed by atoms with van der Waals surface area (Å²) in [6, 6.07) is 5.20. The van der Waals surface area contributed by atoms with Gasteiger partial charge in [0.05, 0.1) is 6.04 Å². The third kappa shape index (κ3) is 3.38. The molecule has 1 aromatic carbocycles. The fourth-order valence-corrected chi connectivity index (χ4v) is 2.00. The van der Waals surface area contributed by atoms with Crippen LogP contribution in [0.15, 0.2) is 18.2 Å². The molecule has 19 heavy (non-hydrogen) atoms. The van der Waals surface area contributed by atoms with E-state index in [4.69, 9.17) is 15.2 Å². The highest BCUT2D eigenvalue weighted by Gasteiger charge is 2.18. The van der Waals surface area contributed by atoms with Crippen LogP contribution in [0.2, 0.25) is 0 Å². The fourth-order valence-electron chi connectivity index (χ4n) is 2.00. The zero-order valence-electron chi connectivity index (χ0n) is 11.1. The Morgan fingerprint density at radius 3 is 3.11 bits per heavy atom. The lowest BCUT2D eigenvalue weighted by Crippen LogP contribution is -2.40. The molecule has 0 aliphatic carbocycles. The van der Waals surface area contributed by atoms with Gasteiger partial charge in [-0.2, -0.15) is 0 Å². The Morgan fingerprint density at radius 1 is 1.47 bits per heavy atom. The van der Waals surface area contributed by atoms with Crippen molar-refractivity contribution in [2.24, 2.45) is 5.73 Å². The highest BCUT2D eigenvalue weighted by Crippen LogP contribution is 2.35. The normalized spacial score (nSPS) is 14.2. The van der Waals surface area contributed by atoms with E-state index in [1.165, 1.54) is 0 Å². The molecule has 5 heteroatoms. The van der Waals surface area contributed by atoms with Gasteiger partial charge in [0, 0.05) is 12.1 Å². The minimum Gasteiger partial charge on any atom is -0.454 e. The maximum atomic E-state index is 11.8. The monoisotopic (exact) mass is 264 g/mol. The van der Waals surface area contributed by atoms with Crippen molar-refractivity contribution in [2.45, 2.75) is 38.8 Å². The maximum absolute atomic E-state index is 11.8. The lowest BCUT2D eigenvalue weighted by molar-refractivity contribution is -0.122. The van der Waals surface area contributed by atoms with Crippen LogP contribution >= 0.6 is 0 Å². The number of hydrogen-bond donors (Lipinski definition) is 2. The van der Waals surface area contributed by atoms with Gasteiger partial charge in [-0.05, 0) is 12.5 Å². The molecule has 0 spiro atoms. The smallest absolute Gasteiger partial charge is 0.237 e. The number of carbonyl (C=O) groups is 1. The molecule has 1 atom stereocenters. The Morgan fingerprint density at radius 2 is 2.32 bits per heavy atom. The van der Waals surface area contributed by atoms with Crippen molar-refractivity contribution in [3.8, 4) is 11.5 Å². The standard InChI is InChI=1S/C14H20N2O3/c1-2-3-6-11(15)14(17)16-8-10-5-4-7-12-13(10)19-9-18-12/h4-5,7,11H,2-3,6,8-9,15H2,1H3,(H,16,17). The van der Waals surface area contributed by atoms with Gasteiger partial charge in [-0.15, -0.1) is 0 Å². The number of amides is 1. The number of benzene rings is 1. The molecule has 1 aliphatic rings. The van der Waals surface area contributed by atoms with E-state index in [9.17, 15) is 4.79 Å². The van der Waals surface area contributed by atoms with Crippen LogP contribution in [-0.4, -0.2) is 18.7 Å². The van der Waals surface area contributed by atoms with E-state index in [2.05, 4.69) is 12.2 Å². The number of nitrogens with two attached hydrogens (primary N) is 1. The lowest BCUT2D eigenvalue weighted by Gasteiger charge is -2.12. The van der Waals surface area contributed by atoms with E-state index in [0.717, 1.165) is 30.6 Å². The minimum absolute atomic E-state index is 0.120. The number of carbonyl (C=O) groups excluding carboxylic acids is 1. The molecule has 1 aliphatic heterocycles. The summed E-state index contributed by atoms with van der Waals surface area (Å²) in [5.74, 6) is 1.32. The predicted octanol–water partition coefficient (Wildman–Crippen LogP) is 1.55. The van der Waals surface area contributed by atoms with Crippen LogP contribution in [-0.2, 0) is 11.3 Å². The van der Waals surface area contributed by atoms with Gasteiger partial charge in [0.15, 0.2) is 11.5 Å². The van der Waals surface area contributed by atoms with Crippen molar-refractivity contribution in [1.82, 2.24) is 5.32 Å². The highest BCUT2D eigenvalue weighted by atomic mass is 16.7. The van der Waals surface area contributed by atoms with E-state index in [1.807, 2.05) is 18.2 Å². The Bertz CT molecular complexity index is 448. The molecule has 1 heterocycles. The number of fused-ring (bicyclic) bond motifs is 1. The van der Waals surface area contributed by atoms with Gasteiger partial charge >= 0.3 is 0 Å². The molecule has 2 rings (SSSR count). The molecule has 0 radical (unpaired) electrons. The molecular formula is C14H20N2O3. The van der Waals surface area contributed by atoms with Crippen LogP contribution in [0.3, 0.4) is 0 Å². The summed E-state index contributed by atoms with van der Waals surface area (Å²) >= 11 is 0. The molecular weight excluding hydrogens is 244 g/mol. The zero-order chi connectivity index (χ0) is 13.7. The molecule has 3 N–H and O–H groups in total. The second-order valence-electron chi connectivity index (χ2n) is 4.62. The Balaban J connectivity index is 1.89. The molecule has 1 unspecified atom stereocenters. The molecule has 5 nitrogen and oxygen atoms in total. The van der Waals surface area contributed by atoms with Gasteiger partial charge in [-0.1, -0.05) is 31.9 Å². The third-order valence-electron chi connectivity index (χ3n) is 3.14. The van der Waals surface area contributed by atoms with Gasteiger partial charge < -0.3 is 20.5 Å². The maximum Gasteiger partial charge on any atom is 0.237 e. The van der Waals surface area contributed by atoms with Gasteiger partial charge in [0.1, 0.15) is 0 Å². The first-order valence-corrected chi connectivity index (χ1v) is 6.63. The first kappa shape index (κ1) is 13.7. The predicted molar refractivity (Wildman–Crippen MR) is 71.9 cm³/mol. The molecule has 0 bridgehead atoms. The van der Waals surface area contributed by atoms with Crippen LogP contribution in [0.1, 0.15) is 31.7 Å². The number of rotatable bonds is 6. The van der Waals surface area contributed by atoms with Gasteiger partial charge in [0.25, 0.3) is 0 Å². The molecule has 0 saturated carbocycles. The summed E-state index contributed by atoms with van der Waals surface area (Å²) < 4.78 is 10.7. The average molecular weight is 264 g/mol. The van der Waals surface area contributed by atoms with Crippen molar-refractivity contribution in [2.75, 3.05) is 6.79 Å². The Labute approximate surface area is 113 Å². The number of nitrogens with one attached hydrogen (secondary N) is 1. The Kier molecular flexibility index (Phi) is 4.63. The summed E-state index contributed by atoms with van der Waals surface area (Å²) in [4.78, 5) is 11.8. The van der Waals surface area contributed by atoms with Gasteiger partial charge in [-0.25, -0.2) is 0 Å². The quantitative estimate of drug-likeness (QED) is 0.817. The zero-order valence-corrected chi connectivity index (χ0v) is 11.1. The van der Waals surface area contributed by atoms with E-state index < -0.39 is 6.04 Å². The van der Waals surface area contributed by atoms with Crippen LogP contribution in [0, 0.1) is 0 Å². The van der Waals surface area contributed by atoms with Crippen molar-refractivity contribution >= 4 is 5.91 Å². The average Bonchev–Trinajstić information content (AvgIpc) is 2.90. The highest BCUT2D eigenvalue weighted by molar-refractivity contribution is 5.81. The summed E-state index contributed by atoms with van der Waals surface area (Å²) in [6.45, 7) is 2.72. The molecule has 1 amide bonds. The second-order valence-corrected chi connectivity index (χ2v) is 4.62.